The van der Waals surface area contributed by atoms with E-state index in [1.54, 1.807) is 0 Å². The number of hydrogen-bond donors (Lipinski definition) is 4. The quantitative estimate of drug-likeness (QED) is 0.641. The molecule has 0 amide bonds. The molecule has 0 aliphatic carbocycles. The van der Waals surface area contributed by atoms with Crippen molar-refractivity contribution in [3.05, 3.63) is 0 Å². The van der Waals surface area contributed by atoms with Gasteiger partial charge in [0.2, 0.25) is 0 Å². The topological polar surface area (TPSA) is 48.1 Å². The predicted molar refractivity (Wildman–Crippen MR) is 97.5 cm³/mol. The Morgan fingerprint density at radius 2 is 1.09 bits per heavy atom. The van der Waals surface area contributed by atoms with Crippen LogP contribution < -0.4 is 21.3 Å². The van der Waals surface area contributed by atoms with Crippen LogP contribution in [0.15, 0.2) is 0 Å². The van der Waals surface area contributed by atoms with E-state index in [4.69, 9.17) is 0 Å². The fraction of sp³-hybridized carbons (Fsp3) is 1.00. The summed E-state index contributed by atoms with van der Waals surface area (Å²) < 4.78 is 0. The summed E-state index contributed by atoms with van der Waals surface area (Å²) in [6.45, 7) is 15.9. The smallest absolute Gasteiger partial charge is 0.0194 e. The van der Waals surface area contributed by atoms with Crippen molar-refractivity contribution in [1.82, 2.24) is 21.3 Å². The SMILES string of the molecule is CC(C)CC1CNCCCNC(CC(C)C)CNCCCN1. The number of rotatable bonds is 4. The molecule has 1 saturated heterocycles. The maximum absolute atomic E-state index is 3.73. The standard InChI is InChI=1S/C18H40N4/c1-15(2)11-17-13-19-7-6-10-22-18(12-16(3)4)14-20-8-5-9-21-17/h15-22H,5-14H2,1-4H3. The Morgan fingerprint density at radius 3 is 1.45 bits per heavy atom. The van der Waals surface area contributed by atoms with Gasteiger partial charge in [-0.15, -0.1) is 0 Å². The third-order valence-corrected chi connectivity index (χ3v) is 4.22. The average molecular weight is 313 g/mol. The summed E-state index contributed by atoms with van der Waals surface area (Å²) in [4.78, 5) is 0. The van der Waals surface area contributed by atoms with Crippen molar-refractivity contribution in [3.8, 4) is 0 Å². The van der Waals surface area contributed by atoms with Gasteiger partial charge < -0.3 is 21.3 Å². The number of hydrogen-bond acceptors (Lipinski definition) is 4. The molecule has 1 heterocycles. The van der Waals surface area contributed by atoms with Crippen LogP contribution in [0.3, 0.4) is 0 Å². The molecule has 4 nitrogen and oxygen atoms in total. The lowest BCUT2D eigenvalue weighted by atomic mass is 10.0. The number of nitrogens with one attached hydrogen (secondary N) is 4. The molecule has 0 saturated carbocycles. The molecule has 0 aromatic heterocycles. The second-order valence-corrected chi connectivity index (χ2v) is 7.68. The summed E-state index contributed by atoms with van der Waals surface area (Å²) in [6, 6.07) is 1.23. The van der Waals surface area contributed by atoms with Crippen molar-refractivity contribution in [3.63, 3.8) is 0 Å². The highest BCUT2D eigenvalue weighted by atomic mass is 15.0. The van der Waals surface area contributed by atoms with Crippen LogP contribution in [-0.4, -0.2) is 51.4 Å². The molecule has 1 aliphatic heterocycles. The fourth-order valence-electron chi connectivity index (χ4n) is 3.21. The molecular weight excluding hydrogens is 272 g/mol. The van der Waals surface area contributed by atoms with Crippen molar-refractivity contribution < 1.29 is 0 Å². The van der Waals surface area contributed by atoms with E-state index in [2.05, 4.69) is 49.0 Å². The van der Waals surface area contributed by atoms with Crippen LogP contribution in [-0.2, 0) is 0 Å². The highest BCUT2D eigenvalue weighted by Gasteiger charge is 2.12. The third kappa shape index (κ3) is 10.5. The van der Waals surface area contributed by atoms with E-state index >= 15 is 0 Å². The molecule has 2 unspecified atom stereocenters. The minimum Gasteiger partial charge on any atom is -0.315 e. The van der Waals surface area contributed by atoms with Gasteiger partial charge in [-0.25, -0.2) is 0 Å². The monoisotopic (exact) mass is 312 g/mol. The Labute approximate surface area is 138 Å². The van der Waals surface area contributed by atoms with Crippen molar-refractivity contribution in [2.75, 3.05) is 39.3 Å². The first-order valence-corrected chi connectivity index (χ1v) is 9.46. The van der Waals surface area contributed by atoms with Crippen molar-refractivity contribution >= 4 is 0 Å². The molecule has 1 fully saturated rings. The van der Waals surface area contributed by atoms with Crippen LogP contribution in [0, 0.1) is 11.8 Å². The highest BCUT2D eigenvalue weighted by Crippen LogP contribution is 2.05. The zero-order chi connectivity index (χ0) is 16.2. The summed E-state index contributed by atoms with van der Waals surface area (Å²) in [5.74, 6) is 1.52. The van der Waals surface area contributed by atoms with E-state index in [-0.39, 0.29) is 0 Å². The molecule has 0 spiro atoms. The normalized spacial score (nSPS) is 27.0. The summed E-state index contributed by atoms with van der Waals surface area (Å²) in [5.41, 5.74) is 0. The van der Waals surface area contributed by atoms with Crippen LogP contribution in [0.2, 0.25) is 0 Å². The Bertz CT molecular complexity index is 213. The van der Waals surface area contributed by atoms with Gasteiger partial charge in [-0.1, -0.05) is 27.7 Å². The van der Waals surface area contributed by atoms with Gasteiger partial charge in [-0.05, 0) is 63.7 Å². The summed E-state index contributed by atoms with van der Waals surface area (Å²) in [7, 11) is 0. The fourth-order valence-corrected chi connectivity index (χ4v) is 3.21. The molecule has 0 aromatic carbocycles. The van der Waals surface area contributed by atoms with E-state index in [0.29, 0.717) is 12.1 Å². The molecular formula is C18H40N4. The van der Waals surface area contributed by atoms with Crippen LogP contribution in [0.1, 0.15) is 53.4 Å². The Kier molecular flexibility index (Phi) is 11.1. The first-order valence-electron chi connectivity index (χ1n) is 9.46. The zero-order valence-electron chi connectivity index (χ0n) is 15.4. The van der Waals surface area contributed by atoms with Gasteiger partial charge in [0, 0.05) is 25.2 Å². The summed E-state index contributed by atoms with van der Waals surface area (Å²) >= 11 is 0. The predicted octanol–water partition coefficient (Wildman–Crippen LogP) is 1.97. The minimum atomic E-state index is 0.615. The maximum Gasteiger partial charge on any atom is 0.0194 e. The van der Waals surface area contributed by atoms with Gasteiger partial charge in [0.1, 0.15) is 0 Å². The first kappa shape index (κ1) is 19.9. The lowest BCUT2D eigenvalue weighted by molar-refractivity contribution is 0.369. The largest absolute Gasteiger partial charge is 0.315 e. The summed E-state index contributed by atoms with van der Waals surface area (Å²) in [5, 5.41) is 14.7. The van der Waals surface area contributed by atoms with Crippen LogP contribution in [0.4, 0.5) is 0 Å². The third-order valence-electron chi connectivity index (χ3n) is 4.22. The van der Waals surface area contributed by atoms with E-state index < -0.39 is 0 Å². The molecule has 1 rings (SSSR count). The molecule has 0 aromatic rings. The average Bonchev–Trinajstić information content (AvgIpc) is 2.43. The molecule has 132 valence electrons. The van der Waals surface area contributed by atoms with Crippen molar-refractivity contribution in [2.45, 2.75) is 65.5 Å². The van der Waals surface area contributed by atoms with Crippen LogP contribution in [0.25, 0.3) is 0 Å². The van der Waals surface area contributed by atoms with Gasteiger partial charge in [0.05, 0.1) is 0 Å². The molecule has 0 radical (unpaired) electrons. The molecule has 2 atom stereocenters. The molecule has 4 heteroatoms. The first-order chi connectivity index (χ1) is 10.6. The van der Waals surface area contributed by atoms with E-state index in [9.17, 15) is 0 Å². The molecule has 1 aliphatic rings. The Morgan fingerprint density at radius 1 is 0.682 bits per heavy atom. The van der Waals surface area contributed by atoms with E-state index in [0.717, 1.165) is 51.1 Å². The molecule has 4 N–H and O–H groups in total. The second-order valence-electron chi connectivity index (χ2n) is 7.68. The minimum absolute atomic E-state index is 0.615. The van der Waals surface area contributed by atoms with Gasteiger partial charge in [0.25, 0.3) is 0 Å². The van der Waals surface area contributed by atoms with Crippen LogP contribution in [0.5, 0.6) is 0 Å². The Hall–Kier alpha value is -0.160. The highest BCUT2D eigenvalue weighted by molar-refractivity contribution is 4.75. The summed E-state index contributed by atoms with van der Waals surface area (Å²) in [6.07, 6.45) is 4.94. The molecule has 22 heavy (non-hydrogen) atoms. The van der Waals surface area contributed by atoms with Crippen molar-refractivity contribution in [2.24, 2.45) is 11.8 Å². The molecule has 0 bridgehead atoms. The maximum atomic E-state index is 3.73. The Balaban J connectivity index is 2.35. The van der Waals surface area contributed by atoms with E-state index in [1.165, 1.54) is 25.7 Å². The van der Waals surface area contributed by atoms with Crippen LogP contribution >= 0.6 is 0 Å². The van der Waals surface area contributed by atoms with Gasteiger partial charge >= 0.3 is 0 Å². The van der Waals surface area contributed by atoms with Gasteiger partial charge in [-0.2, -0.15) is 0 Å². The zero-order valence-corrected chi connectivity index (χ0v) is 15.4. The van der Waals surface area contributed by atoms with Gasteiger partial charge in [0.15, 0.2) is 0 Å². The lowest BCUT2D eigenvalue weighted by Crippen LogP contribution is -2.44. The van der Waals surface area contributed by atoms with E-state index in [1.807, 2.05) is 0 Å². The van der Waals surface area contributed by atoms with Gasteiger partial charge in [-0.3, -0.25) is 0 Å². The lowest BCUT2D eigenvalue weighted by Gasteiger charge is -2.24. The second kappa shape index (κ2) is 12.3. The van der Waals surface area contributed by atoms with Crippen molar-refractivity contribution in [1.29, 1.82) is 0 Å².